The normalized spacial score (nSPS) is 30.1. The predicted octanol–water partition coefficient (Wildman–Crippen LogP) is 3.31. The van der Waals surface area contributed by atoms with Crippen molar-refractivity contribution in [2.75, 3.05) is 5.75 Å². The Bertz CT molecular complexity index is 636. The zero-order valence-electron chi connectivity index (χ0n) is 14.4. The van der Waals surface area contributed by atoms with Gasteiger partial charge in [0.1, 0.15) is 0 Å². The van der Waals surface area contributed by atoms with E-state index in [1.54, 1.807) is 6.20 Å². The molecule has 3 rings (SSSR count). The van der Waals surface area contributed by atoms with Gasteiger partial charge in [-0.05, 0) is 37.5 Å². The molecular formula is C17H26N4OS. The molecule has 126 valence electrons. The molecule has 0 aliphatic heterocycles. The average Bonchev–Trinajstić information content (AvgIpc) is 3.12. The van der Waals surface area contributed by atoms with Gasteiger partial charge in [-0.3, -0.25) is 4.79 Å². The molecule has 1 aromatic rings. The van der Waals surface area contributed by atoms with E-state index in [1.165, 1.54) is 30.3 Å². The van der Waals surface area contributed by atoms with E-state index in [2.05, 4.69) is 43.2 Å². The standard InChI is InChI=1S/C17H26N4OS/c1-5-21-9-8-18-15(21)23-11-14(22)20-19-13-10-12-6-7-17(13,4)16(12,2)3/h8-9,12H,5-7,10-11H2,1-4H3,(H,20,22). The van der Waals surface area contributed by atoms with Crippen molar-refractivity contribution in [3.05, 3.63) is 12.4 Å². The summed E-state index contributed by atoms with van der Waals surface area (Å²) in [4.78, 5) is 16.4. The van der Waals surface area contributed by atoms with Crippen molar-refractivity contribution in [3.8, 4) is 0 Å². The molecule has 2 aliphatic carbocycles. The minimum absolute atomic E-state index is 0.0580. The van der Waals surface area contributed by atoms with Crippen LogP contribution in [0.25, 0.3) is 0 Å². The van der Waals surface area contributed by atoms with E-state index in [4.69, 9.17) is 0 Å². The Morgan fingerprint density at radius 1 is 1.52 bits per heavy atom. The minimum atomic E-state index is -0.0580. The second-order valence-electron chi connectivity index (χ2n) is 7.37. The highest BCUT2D eigenvalue weighted by Gasteiger charge is 2.59. The van der Waals surface area contributed by atoms with Crippen LogP contribution in [0, 0.1) is 16.7 Å². The molecule has 2 saturated carbocycles. The summed E-state index contributed by atoms with van der Waals surface area (Å²) in [6.45, 7) is 9.92. The number of amides is 1. The summed E-state index contributed by atoms with van der Waals surface area (Å²) < 4.78 is 2.03. The van der Waals surface area contributed by atoms with Crippen LogP contribution in [0.5, 0.6) is 0 Å². The smallest absolute Gasteiger partial charge is 0.250 e. The predicted molar refractivity (Wildman–Crippen MR) is 93.4 cm³/mol. The van der Waals surface area contributed by atoms with Crippen LogP contribution < -0.4 is 5.43 Å². The van der Waals surface area contributed by atoms with Crippen molar-refractivity contribution >= 4 is 23.4 Å². The third kappa shape index (κ3) is 2.71. The molecule has 1 amide bonds. The molecule has 2 atom stereocenters. The van der Waals surface area contributed by atoms with Gasteiger partial charge in [0.15, 0.2) is 5.16 Å². The zero-order valence-corrected chi connectivity index (χ0v) is 15.2. The number of hydrazone groups is 1. The van der Waals surface area contributed by atoms with Gasteiger partial charge in [-0.2, -0.15) is 5.10 Å². The van der Waals surface area contributed by atoms with Gasteiger partial charge in [0, 0.05) is 30.1 Å². The monoisotopic (exact) mass is 334 g/mol. The lowest BCUT2D eigenvalue weighted by Gasteiger charge is -2.34. The summed E-state index contributed by atoms with van der Waals surface area (Å²) in [5, 5.41) is 5.37. The summed E-state index contributed by atoms with van der Waals surface area (Å²) in [5.74, 6) is 0.990. The van der Waals surface area contributed by atoms with Crippen molar-refractivity contribution in [3.63, 3.8) is 0 Å². The largest absolute Gasteiger partial charge is 0.326 e. The zero-order chi connectivity index (χ0) is 16.7. The van der Waals surface area contributed by atoms with Crippen LogP contribution in [0.4, 0.5) is 0 Å². The molecule has 0 spiro atoms. The lowest BCUT2D eigenvalue weighted by Crippen LogP contribution is -2.34. The van der Waals surface area contributed by atoms with Crippen molar-refractivity contribution in [2.45, 2.75) is 58.7 Å². The molecule has 1 N–H and O–H groups in total. The number of hydrogen-bond acceptors (Lipinski definition) is 4. The van der Waals surface area contributed by atoms with Crippen LogP contribution >= 0.6 is 11.8 Å². The maximum atomic E-state index is 12.1. The van der Waals surface area contributed by atoms with Crippen molar-refractivity contribution in [2.24, 2.45) is 21.8 Å². The minimum Gasteiger partial charge on any atom is -0.326 e. The molecule has 2 aliphatic rings. The van der Waals surface area contributed by atoms with E-state index < -0.39 is 0 Å². The fourth-order valence-electron chi connectivity index (χ4n) is 4.07. The first-order valence-corrected chi connectivity index (χ1v) is 9.37. The second-order valence-corrected chi connectivity index (χ2v) is 8.31. The Kier molecular flexibility index (Phi) is 4.29. The molecule has 2 unspecified atom stereocenters. The molecule has 6 heteroatoms. The van der Waals surface area contributed by atoms with Crippen molar-refractivity contribution < 1.29 is 4.79 Å². The number of imidazole rings is 1. The molecule has 0 saturated heterocycles. The van der Waals surface area contributed by atoms with Gasteiger partial charge in [0.25, 0.3) is 5.91 Å². The molecule has 1 aromatic heterocycles. The molecule has 0 radical (unpaired) electrons. The Hall–Kier alpha value is -1.30. The van der Waals surface area contributed by atoms with Gasteiger partial charge < -0.3 is 4.57 Å². The van der Waals surface area contributed by atoms with Gasteiger partial charge in [0.2, 0.25) is 0 Å². The van der Waals surface area contributed by atoms with Gasteiger partial charge in [-0.15, -0.1) is 0 Å². The Morgan fingerprint density at radius 2 is 2.30 bits per heavy atom. The molecule has 5 nitrogen and oxygen atoms in total. The number of hydrogen-bond donors (Lipinski definition) is 1. The molecule has 2 fully saturated rings. The van der Waals surface area contributed by atoms with E-state index in [-0.39, 0.29) is 16.7 Å². The Balaban J connectivity index is 1.57. The van der Waals surface area contributed by atoms with Crippen LogP contribution in [0.2, 0.25) is 0 Å². The van der Waals surface area contributed by atoms with E-state index in [9.17, 15) is 4.79 Å². The number of carbonyl (C=O) groups excluding carboxylic acids is 1. The molecule has 2 bridgehead atoms. The van der Waals surface area contributed by atoms with Crippen LogP contribution in [0.15, 0.2) is 22.7 Å². The summed E-state index contributed by atoms with van der Waals surface area (Å²) >= 11 is 1.45. The van der Waals surface area contributed by atoms with Crippen LogP contribution in [-0.4, -0.2) is 26.9 Å². The molecule has 23 heavy (non-hydrogen) atoms. The lowest BCUT2D eigenvalue weighted by molar-refractivity contribution is -0.118. The first-order chi connectivity index (χ1) is 10.9. The lowest BCUT2D eigenvalue weighted by atomic mass is 9.70. The Morgan fingerprint density at radius 3 is 2.91 bits per heavy atom. The topological polar surface area (TPSA) is 59.3 Å². The first-order valence-electron chi connectivity index (χ1n) is 8.38. The summed E-state index contributed by atoms with van der Waals surface area (Å²) in [6.07, 6.45) is 7.19. The average molecular weight is 334 g/mol. The molecular weight excluding hydrogens is 308 g/mol. The van der Waals surface area contributed by atoms with Gasteiger partial charge in [0.05, 0.1) is 5.75 Å². The number of thioether (sulfide) groups is 1. The van der Waals surface area contributed by atoms with Gasteiger partial charge in [-0.1, -0.05) is 32.5 Å². The van der Waals surface area contributed by atoms with Crippen LogP contribution in [0.1, 0.15) is 47.0 Å². The van der Waals surface area contributed by atoms with Crippen molar-refractivity contribution in [1.82, 2.24) is 15.0 Å². The van der Waals surface area contributed by atoms with Crippen LogP contribution in [-0.2, 0) is 11.3 Å². The second kappa shape index (κ2) is 5.96. The highest BCUT2D eigenvalue weighted by Crippen LogP contribution is 2.63. The number of nitrogens with one attached hydrogen (secondary N) is 1. The number of nitrogens with zero attached hydrogens (tertiary/aromatic N) is 3. The van der Waals surface area contributed by atoms with E-state index in [1.807, 2.05) is 10.8 Å². The third-order valence-electron chi connectivity index (χ3n) is 6.18. The third-order valence-corrected chi connectivity index (χ3v) is 7.18. The van der Waals surface area contributed by atoms with E-state index in [0.717, 1.165) is 18.1 Å². The number of fused-ring (bicyclic) bond motifs is 2. The van der Waals surface area contributed by atoms with E-state index >= 15 is 0 Å². The SMILES string of the molecule is CCn1ccnc1SCC(=O)NN=C1CC2CCC1(C)C2(C)C. The molecule has 1 heterocycles. The Labute approximate surface area is 142 Å². The maximum absolute atomic E-state index is 12.1. The van der Waals surface area contributed by atoms with Crippen LogP contribution in [0.3, 0.4) is 0 Å². The van der Waals surface area contributed by atoms with Crippen molar-refractivity contribution in [1.29, 1.82) is 0 Å². The summed E-state index contributed by atoms with van der Waals surface area (Å²) in [6, 6.07) is 0. The number of carbonyl (C=O) groups is 1. The first kappa shape index (κ1) is 16.6. The maximum Gasteiger partial charge on any atom is 0.250 e. The quantitative estimate of drug-likeness (QED) is 0.664. The highest BCUT2D eigenvalue weighted by molar-refractivity contribution is 7.99. The number of aryl methyl sites for hydroxylation is 1. The summed E-state index contributed by atoms with van der Waals surface area (Å²) in [7, 11) is 0. The van der Waals surface area contributed by atoms with Gasteiger partial charge >= 0.3 is 0 Å². The van der Waals surface area contributed by atoms with Gasteiger partial charge in [-0.25, -0.2) is 10.4 Å². The fourth-order valence-corrected chi connectivity index (χ4v) is 4.88. The molecule has 0 aromatic carbocycles. The fraction of sp³-hybridized carbons (Fsp3) is 0.706. The summed E-state index contributed by atoms with van der Waals surface area (Å²) in [5.41, 5.74) is 4.36. The number of aromatic nitrogens is 2. The van der Waals surface area contributed by atoms with E-state index in [0.29, 0.717) is 11.7 Å². The number of rotatable bonds is 5. The highest BCUT2D eigenvalue weighted by atomic mass is 32.2.